The van der Waals surface area contributed by atoms with Crippen LogP contribution in [0.15, 0.2) is 85.1 Å². The molecule has 4 heterocycles. The number of carboxylic acid groups (broad SMARTS) is 1. The van der Waals surface area contributed by atoms with Crippen LogP contribution in [-0.2, 0) is 64.9 Å². The maximum Gasteiger partial charge on any atom is 0.410 e. The van der Waals surface area contributed by atoms with Crippen molar-refractivity contribution in [3.63, 3.8) is 0 Å². The number of aromatic carboxylic acids is 1. The molecular formula is C70H86ClN9O13S2. The molecule has 4 atom stereocenters. The number of pyridine rings is 1. The number of rotatable bonds is 31. The van der Waals surface area contributed by atoms with Gasteiger partial charge in [-0.05, 0) is 146 Å². The van der Waals surface area contributed by atoms with E-state index in [1.807, 2.05) is 72.8 Å². The summed E-state index contributed by atoms with van der Waals surface area (Å²) >= 11 is 6.97. The van der Waals surface area contributed by atoms with E-state index in [0.29, 0.717) is 90.6 Å². The Balaban J connectivity index is 0.738. The molecule has 0 saturated heterocycles. The lowest BCUT2D eigenvalue weighted by atomic mass is 9.39. The number of aromatic nitrogens is 4. The van der Waals surface area contributed by atoms with E-state index in [1.165, 1.54) is 16.2 Å². The number of thiazole rings is 1. The summed E-state index contributed by atoms with van der Waals surface area (Å²) < 4.78 is 49.5. The quantitative estimate of drug-likeness (QED) is 0.0153. The fourth-order valence-corrected chi connectivity index (χ4v) is 17.4. The first-order chi connectivity index (χ1) is 45.1. The molecule has 5 N–H and O–H groups in total. The highest BCUT2D eigenvalue weighted by atomic mass is 35.5. The maximum absolute atomic E-state index is 13.8. The number of unbranched alkanes of at least 4 members (excludes halogenated alkanes) is 3. The van der Waals surface area contributed by atoms with Crippen LogP contribution in [0.2, 0.25) is 0 Å². The van der Waals surface area contributed by atoms with Crippen molar-refractivity contribution in [3.8, 4) is 11.1 Å². The van der Waals surface area contributed by atoms with Gasteiger partial charge in [-0.1, -0.05) is 95.2 Å². The number of fused-ring (bicyclic) bond motifs is 2. The molecule has 6 aromatic rings. The largest absolute Gasteiger partial charge is 0.476 e. The number of carboxylic acids is 1. The second-order valence-corrected chi connectivity index (χ2v) is 30.8. The number of hydrogen-bond donors (Lipinski definition) is 5. The van der Waals surface area contributed by atoms with Gasteiger partial charge in [0, 0.05) is 86.0 Å². The Morgan fingerprint density at radius 2 is 1.55 bits per heavy atom. The third-order valence-electron chi connectivity index (χ3n) is 19.2. The molecule has 95 heavy (non-hydrogen) atoms. The van der Waals surface area contributed by atoms with Crippen LogP contribution in [0.1, 0.15) is 161 Å². The highest BCUT2D eigenvalue weighted by molar-refractivity contribution is 7.85. The highest BCUT2D eigenvalue weighted by Gasteiger charge is 2.66. The highest BCUT2D eigenvalue weighted by Crippen LogP contribution is 2.72. The van der Waals surface area contributed by atoms with Crippen LogP contribution in [0.25, 0.3) is 21.3 Å². The number of nitrogens with zero attached hydrogens (tertiary/aromatic N) is 6. The topological polar surface area (TPSA) is 299 Å². The second-order valence-electron chi connectivity index (χ2n) is 27.9. The van der Waals surface area contributed by atoms with Crippen molar-refractivity contribution in [2.45, 2.75) is 163 Å². The summed E-state index contributed by atoms with van der Waals surface area (Å²) in [5, 5.41) is 24.8. The van der Waals surface area contributed by atoms with Gasteiger partial charge in [-0.25, -0.2) is 19.6 Å². The molecule has 4 fully saturated rings. The Morgan fingerprint density at radius 1 is 0.821 bits per heavy atom. The van der Waals surface area contributed by atoms with E-state index >= 15 is 0 Å². The lowest BCUT2D eigenvalue weighted by Gasteiger charge is -2.69. The number of carbonyl (C=O) groups is 7. The number of alkyl halides is 1. The number of Topliss-reactive ketones (excluding diaryl/α,β-unsaturated/α-hetero) is 2. The normalized spacial score (nSPS) is 21.0. The Morgan fingerprint density at radius 3 is 2.24 bits per heavy atom. The van der Waals surface area contributed by atoms with Gasteiger partial charge >= 0.3 is 12.1 Å². The Labute approximate surface area is 563 Å². The standard InChI is InChI=1S/C70H86ClN9O13S2/c1-44(2)60(76-59(83)19-10-8-7-9-15-50(81)33-71)56(82)32-45(3)62(84)73-49-22-20-47(21-23-49)36-92-66(88)78(29-31-95(89,90)91)28-30-93-70-40-67(5)37-68(6,41-70)39-69(38-67,42-70)43-80-46(4)53(34-72-80)51-24-25-58(75-61(51)64(86)87)79-27-26-48-14-13-16-52(54(48)35-79)63(85)77-65-74-55-17-11-12-18-57(55)94-65/h11-14,16-18,20-25,34,44-45,60H,7-10,15,19,26-33,35-43H2,1-6H3,(H,73,84)(H,76,83)(H,86,87)(H,74,77,85)(H,89,90,91)/t45-,60+,67?,68?,69?,70?/m1/s1. The molecule has 4 saturated carbocycles. The predicted octanol–water partition coefficient (Wildman–Crippen LogP) is 11.9. The third kappa shape index (κ3) is 17.3. The fraction of sp³-hybridized carbons (Fsp3) is 0.514. The lowest BCUT2D eigenvalue weighted by molar-refractivity contribution is -0.248. The Bertz CT molecular complexity index is 3930. The van der Waals surface area contributed by atoms with Gasteiger partial charge in [0.15, 0.2) is 16.6 Å². The number of para-hydroxylation sites is 1. The van der Waals surface area contributed by atoms with Crippen molar-refractivity contribution in [1.82, 2.24) is 30.0 Å². The molecule has 11 rings (SSSR count). The van der Waals surface area contributed by atoms with Crippen LogP contribution in [0.5, 0.6) is 0 Å². The van der Waals surface area contributed by atoms with Gasteiger partial charge in [0.25, 0.3) is 16.0 Å². The lowest BCUT2D eigenvalue weighted by Crippen LogP contribution is -2.64. The maximum atomic E-state index is 13.8. The van der Waals surface area contributed by atoms with Crippen LogP contribution in [0.4, 0.5) is 21.4 Å². The van der Waals surface area contributed by atoms with Crippen molar-refractivity contribution in [2.75, 3.05) is 53.4 Å². The smallest absolute Gasteiger partial charge is 0.410 e. The number of amides is 4. The van der Waals surface area contributed by atoms with Crippen molar-refractivity contribution in [3.05, 3.63) is 119 Å². The first-order valence-electron chi connectivity index (χ1n) is 32.7. The zero-order valence-corrected chi connectivity index (χ0v) is 57.2. The molecule has 508 valence electrons. The van der Waals surface area contributed by atoms with Crippen molar-refractivity contribution in [2.24, 2.45) is 28.1 Å². The van der Waals surface area contributed by atoms with E-state index < -0.39 is 51.4 Å². The molecule has 0 radical (unpaired) electrons. The van der Waals surface area contributed by atoms with Gasteiger partial charge in [-0.15, -0.1) is 11.6 Å². The van der Waals surface area contributed by atoms with Crippen LogP contribution in [-0.4, -0.2) is 134 Å². The molecule has 3 aromatic carbocycles. The molecule has 25 heteroatoms. The SMILES string of the molecule is Cc1c(-c2ccc(N3CCc4cccc(C(=O)Nc5nc6ccccc6s5)c4C3)nc2C(=O)O)cnn1CC12CC3(C)CC(C)(C1)CC(OCCN(CCS(=O)(=O)O)C(=O)OCc1ccc(NC(=O)[C@H](C)CC(=O)[C@@H](NC(=O)CCCCCCC(=O)CCl)C(C)C)cc1)(C3)C2. The molecule has 4 bridgehead atoms. The Hall–Kier alpha value is -7.64. The minimum Gasteiger partial charge on any atom is -0.476 e. The minimum atomic E-state index is -4.47. The third-order valence-corrected chi connectivity index (χ3v) is 21.2. The van der Waals surface area contributed by atoms with E-state index in [4.69, 9.17) is 31.2 Å². The van der Waals surface area contributed by atoms with E-state index in [9.17, 15) is 51.6 Å². The number of halogens is 1. The van der Waals surface area contributed by atoms with Crippen molar-refractivity contribution in [1.29, 1.82) is 0 Å². The van der Waals surface area contributed by atoms with Crippen LogP contribution >= 0.6 is 22.9 Å². The van der Waals surface area contributed by atoms with E-state index in [0.717, 1.165) is 72.0 Å². The summed E-state index contributed by atoms with van der Waals surface area (Å²) in [6, 6.07) is 22.8. The van der Waals surface area contributed by atoms with Crippen LogP contribution in [0.3, 0.4) is 0 Å². The fourth-order valence-electron chi connectivity index (χ4n) is 15.9. The molecule has 22 nitrogen and oxygen atoms in total. The second kappa shape index (κ2) is 29.4. The summed E-state index contributed by atoms with van der Waals surface area (Å²) in [7, 11) is -4.47. The average molecular weight is 1360 g/mol. The van der Waals surface area contributed by atoms with Crippen LogP contribution in [0, 0.1) is 35.0 Å². The Kier molecular flexibility index (Phi) is 21.7. The first kappa shape index (κ1) is 70.2. The summed E-state index contributed by atoms with van der Waals surface area (Å²) in [5.74, 6) is -3.53. The number of nitrogens with one attached hydrogen (secondary N) is 3. The van der Waals surface area contributed by atoms with Gasteiger partial charge in [0.1, 0.15) is 18.2 Å². The van der Waals surface area contributed by atoms with Crippen LogP contribution < -0.4 is 20.9 Å². The van der Waals surface area contributed by atoms with E-state index in [1.54, 1.807) is 49.5 Å². The monoisotopic (exact) mass is 1360 g/mol. The molecule has 2 unspecified atom stereocenters. The first-order valence-corrected chi connectivity index (χ1v) is 35.7. The van der Waals surface area contributed by atoms with Gasteiger partial charge in [0.2, 0.25) is 11.8 Å². The number of ether oxygens (including phenoxy) is 2. The predicted molar refractivity (Wildman–Crippen MR) is 363 cm³/mol. The molecule has 4 amide bonds. The number of benzene rings is 3. The van der Waals surface area contributed by atoms with Crippen molar-refractivity contribution >= 4 is 101 Å². The van der Waals surface area contributed by atoms with E-state index in [2.05, 4.69) is 34.8 Å². The summed E-state index contributed by atoms with van der Waals surface area (Å²) in [6.45, 7) is 12.8. The summed E-state index contributed by atoms with van der Waals surface area (Å²) in [4.78, 5) is 104. The number of ketones is 2. The van der Waals surface area contributed by atoms with Crippen molar-refractivity contribution < 1.29 is 61.1 Å². The van der Waals surface area contributed by atoms with Gasteiger partial charge < -0.3 is 35.0 Å². The molecule has 0 spiro atoms. The van der Waals surface area contributed by atoms with Gasteiger partial charge in [-0.2, -0.15) is 13.5 Å². The number of anilines is 3. The minimum absolute atomic E-state index is 0.000368. The van der Waals surface area contributed by atoms with Gasteiger partial charge in [-0.3, -0.25) is 38.5 Å². The zero-order chi connectivity index (χ0) is 68.0. The zero-order valence-electron chi connectivity index (χ0n) is 54.8. The molecule has 1 aliphatic heterocycles. The molecule has 4 aliphatic carbocycles. The molecule has 3 aromatic heterocycles. The molecule has 5 aliphatic rings. The number of hydrogen-bond acceptors (Lipinski definition) is 16. The summed E-state index contributed by atoms with van der Waals surface area (Å²) in [6.07, 6.45) is 10.1. The molecular weight excluding hydrogens is 1270 g/mol. The summed E-state index contributed by atoms with van der Waals surface area (Å²) in [5.41, 5.74) is 4.96. The number of carbonyl (C=O) groups excluding carboxylic acids is 6. The van der Waals surface area contributed by atoms with Gasteiger partial charge in [0.05, 0.1) is 46.3 Å². The average Bonchev–Trinajstić information content (AvgIpc) is 0.791. The van der Waals surface area contributed by atoms with E-state index in [-0.39, 0.29) is 96.3 Å².